The molecule has 0 saturated carbocycles. The number of pyridine rings is 1. The lowest BCUT2D eigenvalue weighted by molar-refractivity contribution is -0.367. The lowest BCUT2D eigenvalue weighted by atomic mass is 10.2. The second-order valence-corrected chi connectivity index (χ2v) is 6.11. The number of anilines is 1. The van der Waals surface area contributed by atoms with Gasteiger partial charge in [-0.05, 0) is 12.1 Å². The number of nitrogens with one attached hydrogen (secondary N) is 1. The zero-order chi connectivity index (χ0) is 17.2. The fourth-order valence-electron chi connectivity index (χ4n) is 2.27. The summed E-state index contributed by atoms with van der Waals surface area (Å²) in [6.07, 6.45) is -3.03. The van der Waals surface area contributed by atoms with Gasteiger partial charge < -0.3 is 4.90 Å². The maximum Gasteiger partial charge on any atom is 0.424 e. The number of aromatic amines is 1. The predicted octanol–water partition coefficient (Wildman–Crippen LogP) is 3.05. The van der Waals surface area contributed by atoms with E-state index in [-0.39, 0.29) is 41.5 Å². The number of rotatable bonds is 2. The van der Waals surface area contributed by atoms with E-state index in [1.807, 2.05) is 0 Å². The molecule has 1 N–H and O–H groups in total. The quantitative estimate of drug-likeness (QED) is 0.729. The van der Waals surface area contributed by atoms with Crippen LogP contribution in [0.4, 0.5) is 19.0 Å². The molecule has 0 spiro atoms. The molecule has 2 heterocycles. The van der Waals surface area contributed by atoms with Crippen molar-refractivity contribution in [1.82, 2.24) is 4.90 Å². The number of H-pyrrole nitrogens is 1. The van der Waals surface area contributed by atoms with Crippen molar-refractivity contribution in [3.8, 4) is 0 Å². The molecule has 0 radical (unpaired) electrons. The first-order valence-corrected chi connectivity index (χ1v) is 7.68. The lowest BCUT2D eigenvalue weighted by Gasteiger charge is -2.31. The number of carbonyl (C=O) groups excluding carboxylic acids is 1. The van der Waals surface area contributed by atoms with E-state index in [1.165, 1.54) is 22.1 Å². The number of piperazine rings is 1. The Morgan fingerprint density at radius 1 is 1.13 bits per heavy atom. The molecule has 1 amide bonds. The highest BCUT2D eigenvalue weighted by molar-refractivity contribution is 6.62. The minimum absolute atomic E-state index is 0.0240. The maximum absolute atomic E-state index is 13.0. The normalized spacial score (nSPS) is 15.6. The average Bonchev–Trinajstić information content (AvgIpc) is 2.52. The molecule has 4 nitrogen and oxygen atoms in total. The van der Waals surface area contributed by atoms with Crippen LogP contribution in [0.2, 0.25) is 0 Å². The highest BCUT2D eigenvalue weighted by atomic mass is 35.5. The second-order valence-electron chi connectivity index (χ2n) is 4.78. The van der Waals surface area contributed by atoms with Crippen LogP contribution >= 0.6 is 34.8 Å². The van der Waals surface area contributed by atoms with Crippen molar-refractivity contribution in [2.24, 2.45) is 0 Å². The van der Waals surface area contributed by atoms with E-state index in [1.54, 1.807) is 0 Å². The summed E-state index contributed by atoms with van der Waals surface area (Å²) < 4.78 is 38.8. The molecule has 0 aliphatic carbocycles. The van der Waals surface area contributed by atoms with Crippen molar-refractivity contribution >= 4 is 46.5 Å². The Hall–Kier alpha value is -1.18. The third-order valence-corrected chi connectivity index (χ3v) is 4.30. The number of carbonyl (C=O) groups is 1. The van der Waals surface area contributed by atoms with E-state index in [0.717, 1.165) is 6.07 Å². The van der Waals surface area contributed by atoms with Crippen LogP contribution in [0.15, 0.2) is 27.9 Å². The van der Waals surface area contributed by atoms with E-state index in [4.69, 9.17) is 34.8 Å². The predicted molar refractivity (Wildman–Crippen MR) is 81.4 cm³/mol. The molecule has 0 unspecified atom stereocenters. The summed E-state index contributed by atoms with van der Waals surface area (Å²) in [5.74, 6) is -0.566. The zero-order valence-corrected chi connectivity index (χ0v) is 13.9. The van der Waals surface area contributed by atoms with Crippen molar-refractivity contribution in [3.63, 3.8) is 0 Å². The Morgan fingerprint density at radius 2 is 1.74 bits per heavy atom. The summed E-state index contributed by atoms with van der Waals surface area (Å²) in [5.41, 5.74) is -0.749. The number of halogens is 6. The van der Waals surface area contributed by atoms with Crippen LogP contribution in [0.3, 0.4) is 0 Å². The van der Waals surface area contributed by atoms with Gasteiger partial charge in [-0.15, -0.1) is 0 Å². The lowest BCUT2D eigenvalue weighted by Crippen LogP contribution is -2.50. The first-order valence-electron chi connectivity index (χ1n) is 6.54. The molecule has 1 aromatic heterocycles. The Bertz CT molecular complexity index is 624. The van der Waals surface area contributed by atoms with Gasteiger partial charge in [-0.2, -0.15) is 13.2 Å². The van der Waals surface area contributed by atoms with Crippen LogP contribution in [0.25, 0.3) is 0 Å². The van der Waals surface area contributed by atoms with E-state index < -0.39 is 17.6 Å². The SMILES string of the molecule is O=C(C(Cl)=C(Cl)Cl)N1CCN(c2[nH+]cccc2C(F)(F)F)CC1. The number of nitrogens with zero attached hydrogens (tertiary/aromatic N) is 2. The fourth-order valence-corrected chi connectivity index (χ4v) is 2.55. The Labute approximate surface area is 145 Å². The van der Waals surface area contributed by atoms with Gasteiger partial charge in [-0.3, -0.25) is 9.69 Å². The Morgan fingerprint density at radius 3 is 2.26 bits per heavy atom. The van der Waals surface area contributed by atoms with Crippen molar-refractivity contribution in [2.45, 2.75) is 6.18 Å². The van der Waals surface area contributed by atoms with Crippen LogP contribution in [-0.4, -0.2) is 37.0 Å². The number of alkyl halides is 3. The van der Waals surface area contributed by atoms with E-state index in [9.17, 15) is 18.0 Å². The molecule has 23 heavy (non-hydrogen) atoms. The third kappa shape index (κ3) is 4.22. The van der Waals surface area contributed by atoms with Crippen LogP contribution in [0, 0.1) is 0 Å². The average molecular weight is 390 g/mol. The van der Waals surface area contributed by atoms with Gasteiger partial charge in [-0.25, -0.2) is 4.98 Å². The molecular weight excluding hydrogens is 378 g/mol. The van der Waals surface area contributed by atoms with Crippen molar-refractivity contribution in [1.29, 1.82) is 0 Å². The molecule has 0 bridgehead atoms. The van der Waals surface area contributed by atoms with Gasteiger partial charge in [0.1, 0.15) is 28.2 Å². The highest BCUT2D eigenvalue weighted by Crippen LogP contribution is 2.34. The van der Waals surface area contributed by atoms with E-state index in [2.05, 4.69) is 4.98 Å². The standard InChI is InChI=1S/C13H11Cl3F3N3O/c14-9(10(15)16)12(23)22-6-4-21(5-7-22)11-8(13(17,18)19)2-1-3-20-11/h1-3H,4-7H2/p+1. The second kappa shape index (κ2) is 7.15. The third-order valence-electron chi connectivity index (χ3n) is 3.38. The molecule has 10 heteroatoms. The molecule has 1 saturated heterocycles. The topological polar surface area (TPSA) is 37.7 Å². The zero-order valence-electron chi connectivity index (χ0n) is 11.6. The number of hydrogen-bond donors (Lipinski definition) is 0. The molecule has 0 atom stereocenters. The van der Waals surface area contributed by atoms with Gasteiger partial charge in [0.15, 0.2) is 0 Å². The van der Waals surface area contributed by atoms with Crippen LogP contribution in [0.5, 0.6) is 0 Å². The maximum atomic E-state index is 13.0. The van der Waals surface area contributed by atoms with Gasteiger partial charge in [0.2, 0.25) is 0 Å². The van der Waals surface area contributed by atoms with Gasteiger partial charge in [0, 0.05) is 0 Å². The summed E-state index contributed by atoms with van der Waals surface area (Å²) >= 11 is 16.6. The van der Waals surface area contributed by atoms with Crippen molar-refractivity contribution < 1.29 is 22.9 Å². The minimum atomic E-state index is -4.46. The van der Waals surface area contributed by atoms with Crippen molar-refractivity contribution in [2.75, 3.05) is 31.1 Å². The van der Waals surface area contributed by atoms with Gasteiger partial charge in [-0.1, -0.05) is 34.8 Å². The molecule has 1 aliphatic rings. The van der Waals surface area contributed by atoms with Gasteiger partial charge >= 0.3 is 6.18 Å². The highest BCUT2D eigenvalue weighted by Gasteiger charge is 2.40. The molecule has 1 aromatic rings. The molecule has 126 valence electrons. The minimum Gasteiger partial charge on any atom is -0.330 e. The number of hydrogen-bond acceptors (Lipinski definition) is 2. The molecular formula is C13H12Cl3F3N3O+. The summed E-state index contributed by atoms with van der Waals surface area (Å²) in [6, 6.07) is 2.30. The van der Waals surface area contributed by atoms with E-state index in [0.29, 0.717) is 0 Å². The van der Waals surface area contributed by atoms with Gasteiger partial charge in [0.05, 0.1) is 19.3 Å². The molecule has 2 rings (SSSR count). The Balaban J connectivity index is 2.12. The van der Waals surface area contributed by atoms with Crippen LogP contribution in [0.1, 0.15) is 5.56 Å². The first kappa shape index (κ1) is 18.2. The number of aromatic nitrogens is 1. The largest absolute Gasteiger partial charge is 0.424 e. The summed E-state index contributed by atoms with van der Waals surface area (Å²) in [4.78, 5) is 17.5. The van der Waals surface area contributed by atoms with Gasteiger partial charge in [0.25, 0.3) is 11.7 Å². The van der Waals surface area contributed by atoms with Crippen molar-refractivity contribution in [3.05, 3.63) is 33.4 Å². The summed E-state index contributed by atoms with van der Waals surface area (Å²) in [6.45, 7) is 0.852. The molecule has 1 aliphatic heterocycles. The molecule has 1 fully saturated rings. The van der Waals surface area contributed by atoms with E-state index >= 15 is 0 Å². The Kier molecular flexibility index (Phi) is 5.65. The fraction of sp³-hybridized carbons (Fsp3) is 0.385. The molecule has 0 aromatic carbocycles. The summed E-state index contributed by atoms with van der Waals surface area (Å²) in [7, 11) is 0. The smallest absolute Gasteiger partial charge is 0.330 e. The first-order chi connectivity index (χ1) is 10.7. The summed E-state index contributed by atoms with van der Waals surface area (Å²) in [5, 5.41) is -0.302. The van der Waals surface area contributed by atoms with Crippen LogP contribution in [-0.2, 0) is 11.0 Å². The number of amides is 1. The van der Waals surface area contributed by atoms with Crippen LogP contribution < -0.4 is 9.88 Å². The monoisotopic (exact) mass is 388 g/mol.